The largest absolute Gasteiger partial charge is 0.493 e. The molecule has 0 spiro atoms. The number of carbonyl (C=O) groups is 1. The summed E-state index contributed by atoms with van der Waals surface area (Å²) >= 11 is 0. The highest BCUT2D eigenvalue weighted by atomic mass is 16.5. The quantitative estimate of drug-likeness (QED) is 0.709. The summed E-state index contributed by atoms with van der Waals surface area (Å²) in [5.74, 6) is 0.179. The first-order valence-corrected chi connectivity index (χ1v) is 7.05. The fourth-order valence-electron chi connectivity index (χ4n) is 1.96. The fraction of sp³-hybridized carbons (Fsp3) is 0.438. The summed E-state index contributed by atoms with van der Waals surface area (Å²) in [4.78, 5) is 12.9. The lowest BCUT2D eigenvalue weighted by Crippen LogP contribution is -2.28. The van der Waals surface area contributed by atoms with Gasteiger partial charge in [-0.05, 0) is 25.2 Å². The molecule has 0 amide bonds. The van der Waals surface area contributed by atoms with Crippen LogP contribution in [0.5, 0.6) is 11.5 Å². The van der Waals surface area contributed by atoms with Gasteiger partial charge in [0, 0.05) is 18.2 Å². The average Bonchev–Trinajstić information content (AvgIpc) is 2.49. The van der Waals surface area contributed by atoms with Crippen molar-refractivity contribution >= 4 is 12.0 Å². The van der Waals surface area contributed by atoms with Gasteiger partial charge in [0.05, 0.1) is 7.11 Å². The molecule has 0 bridgehead atoms. The van der Waals surface area contributed by atoms with Crippen molar-refractivity contribution in [2.45, 2.75) is 13.8 Å². The van der Waals surface area contributed by atoms with Crippen molar-refractivity contribution < 1.29 is 19.4 Å². The molecule has 5 heteroatoms. The number of likely N-dealkylation sites (N-methyl/N-ethyl adjacent to an activating group) is 1. The Kier molecular flexibility index (Phi) is 7.32. The van der Waals surface area contributed by atoms with Gasteiger partial charge in [-0.1, -0.05) is 26.0 Å². The maximum atomic E-state index is 10.7. The van der Waals surface area contributed by atoms with Gasteiger partial charge in [0.2, 0.25) is 0 Å². The van der Waals surface area contributed by atoms with Gasteiger partial charge in [-0.3, -0.25) is 0 Å². The summed E-state index contributed by atoms with van der Waals surface area (Å²) < 4.78 is 11.1. The average molecular weight is 293 g/mol. The maximum Gasteiger partial charge on any atom is 0.328 e. The molecule has 0 aliphatic rings. The van der Waals surface area contributed by atoms with Crippen LogP contribution in [-0.2, 0) is 4.79 Å². The number of hydrogen-bond acceptors (Lipinski definition) is 4. The minimum absolute atomic E-state index is 0.524. The molecule has 0 radical (unpaired) electrons. The van der Waals surface area contributed by atoms with E-state index in [9.17, 15) is 4.79 Å². The smallest absolute Gasteiger partial charge is 0.328 e. The Bertz CT molecular complexity index is 481. The second kappa shape index (κ2) is 9.02. The van der Waals surface area contributed by atoms with Gasteiger partial charge in [-0.15, -0.1) is 0 Å². The molecular formula is C16H23NO4. The molecule has 0 aromatic heterocycles. The molecule has 0 saturated carbocycles. The first-order chi connectivity index (χ1) is 10.1. The Morgan fingerprint density at radius 3 is 2.62 bits per heavy atom. The molecule has 0 aliphatic heterocycles. The maximum absolute atomic E-state index is 10.7. The van der Waals surface area contributed by atoms with Gasteiger partial charge >= 0.3 is 5.97 Å². The lowest BCUT2D eigenvalue weighted by atomic mass is 10.1. The van der Waals surface area contributed by atoms with Crippen LogP contribution < -0.4 is 9.47 Å². The van der Waals surface area contributed by atoms with Crippen LogP contribution in [0.15, 0.2) is 24.3 Å². The Morgan fingerprint density at radius 2 is 2.05 bits per heavy atom. The van der Waals surface area contributed by atoms with E-state index in [-0.39, 0.29) is 0 Å². The summed E-state index contributed by atoms with van der Waals surface area (Å²) in [5, 5.41) is 8.74. The number of para-hydroxylation sites is 1. The number of benzene rings is 1. The predicted octanol–water partition coefficient (Wildman–Crippen LogP) is 2.51. The van der Waals surface area contributed by atoms with Crippen molar-refractivity contribution in [2.75, 3.05) is 33.4 Å². The van der Waals surface area contributed by atoms with Crippen molar-refractivity contribution in [1.82, 2.24) is 4.90 Å². The van der Waals surface area contributed by atoms with Crippen molar-refractivity contribution in [2.24, 2.45) is 0 Å². The van der Waals surface area contributed by atoms with Gasteiger partial charge in [-0.2, -0.15) is 0 Å². The Labute approximate surface area is 125 Å². The van der Waals surface area contributed by atoms with Crippen molar-refractivity contribution in [3.63, 3.8) is 0 Å². The van der Waals surface area contributed by atoms with E-state index < -0.39 is 5.97 Å². The van der Waals surface area contributed by atoms with Crippen LogP contribution in [0.3, 0.4) is 0 Å². The number of carboxylic acid groups (broad SMARTS) is 1. The molecule has 1 rings (SSSR count). The van der Waals surface area contributed by atoms with Gasteiger partial charge < -0.3 is 19.5 Å². The standard InChI is InChI=1S/C16H23NO4/c1-4-17(5-2)11-12-21-16-13(9-10-15(18)19)7-6-8-14(16)20-3/h6-10H,4-5,11-12H2,1-3H3,(H,18,19). The van der Waals surface area contributed by atoms with E-state index in [1.54, 1.807) is 25.3 Å². The highest BCUT2D eigenvalue weighted by molar-refractivity contribution is 5.86. The normalized spacial score (nSPS) is 11.0. The minimum atomic E-state index is -0.994. The Morgan fingerprint density at radius 1 is 1.33 bits per heavy atom. The first-order valence-electron chi connectivity index (χ1n) is 7.05. The molecule has 21 heavy (non-hydrogen) atoms. The Hall–Kier alpha value is -2.01. The third-order valence-corrected chi connectivity index (χ3v) is 3.18. The van der Waals surface area contributed by atoms with E-state index in [2.05, 4.69) is 18.7 Å². The van der Waals surface area contributed by atoms with E-state index >= 15 is 0 Å². The monoisotopic (exact) mass is 293 g/mol. The van der Waals surface area contributed by atoms with Gasteiger partial charge in [0.15, 0.2) is 11.5 Å². The first kappa shape index (κ1) is 17.0. The van der Waals surface area contributed by atoms with Crippen LogP contribution in [0, 0.1) is 0 Å². The zero-order valence-corrected chi connectivity index (χ0v) is 12.8. The third kappa shape index (κ3) is 5.47. The van der Waals surface area contributed by atoms with Crippen LogP contribution in [0.2, 0.25) is 0 Å². The second-order valence-corrected chi connectivity index (χ2v) is 4.43. The van der Waals surface area contributed by atoms with Crippen molar-refractivity contribution in [3.05, 3.63) is 29.8 Å². The van der Waals surface area contributed by atoms with E-state index in [0.29, 0.717) is 23.7 Å². The molecule has 0 aliphatic carbocycles. The van der Waals surface area contributed by atoms with E-state index in [1.165, 1.54) is 6.08 Å². The molecule has 0 saturated heterocycles. The molecule has 116 valence electrons. The summed E-state index contributed by atoms with van der Waals surface area (Å²) in [7, 11) is 1.57. The van der Waals surface area contributed by atoms with Crippen LogP contribution in [0.4, 0.5) is 0 Å². The summed E-state index contributed by atoms with van der Waals surface area (Å²) in [6.45, 7) is 7.49. The van der Waals surface area contributed by atoms with E-state index in [0.717, 1.165) is 25.7 Å². The van der Waals surface area contributed by atoms with Crippen molar-refractivity contribution in [1.29, 1.82) is 0 Å². The van der Waals surface area contributed by atoms with Crippen LogP contribution in [-0.4, -0.2) is 49.3 Å². The van der Waals surface area contributed by atoms with Gasteiger partial charge in [-0.25, -0.2) is 4.79 Å². The Balaban J connectivity index is 2.84. The van der Waals surface area contributed by atoms with Gasteiger partial charge in [0.25, 0.3) is 0 Å². The summed E-state index contributed by atoms with van der Waals surface area (Å²) in [6, 6.07) is 5.40. The molecular weight excluding hydrogens is 270 g/mol. The molecule has 0 unspecified atom stereocenters. The fourth-order valence-corrected chi connectivity index (χ4v) is 1.96. The minimum Gasteiger partial charge on any atom is -0.493 e. The van der Waals surface area contributed by atoms with Crippen molar-refractivity contribution in [3.8, 4) is 11.5 Å². The SMILES string of the molecule is CCN(CC)CCOc1c(C=CC(=O)O)cccc1OC. The zero-order chi connectivity index (χ0) is 15.7. The van der Waals surface area contributed by atoms with E-state index in [1.807, 2.05) is 0 Å². The third-order valence-electron chi connectivity index (χ3n) is 3.18. The number of nitrogens with zero attached hydrogens (tertiary/aromatic N) is 1. The number of rotatable bonds is 9. The lowest BCUT2D eigenvalue weighted by molar-refractivity contribution is -0.131. The number of methoxy groups -OCH3 is 1. The molecule has 0 fully saturated rings. The molecule has 1 aromatic carbocycles. The molecule has 0 atom stereocenters. The molecule has 1 aromatic rings. The highest BCUT2D eigenvalue weighted by Gasteiger charge is 2.09. The topological polar surface area (TPSA) is 59.0 Å². The number of hydrogen-bond donors (Lipinski definition) is 1. The number of carboxylic acids is 1. The summed E-state index contributed by atoms with van der Waals surface area (Å²) in [6.07, 6.45) is 2.60. The molecule has 5 nitrogen and oxygen atoms in total. The molecule has 1 N–H and O–H groups in total. The summed E-state index contributed by atoms with van der Waals surface area (Å²) in [5.41, 5.74) is 0.691. The van der Waals surface area contributed by atoms with Gasteiger partial charge in [0.1, 0.15) is 6.61 Å². The number of aliphatic carboxylic acids is 1. The number of ether oxygens (including phenoxy) is 2. The van der Waals surface area contributed by atoms with E-state index in [4.69, 9.17) is 14.6 Å². The van der Waals surface area contributed by atoms with Crippen LogP contribution in [0.25, 0.3) is 6.08 Å². The predicted molar refractivity (Wildman–Crippen MR) is 82.9 cm³/mol. The highest BCUT2D eigenvalue weighted by Crippen LogP contribution is 2.31. The molecule has 0 heterocycles. The second-order valence-electron chi connectivity index (χ2n) is 4.43. The zero-order valence-electron chi connectivity index (χ0n) is 12.8. The van der Waals surface area contributed by atoms with Crippen LogP contribution in [0.1, 0.15) is 19.4 Å². The van der Waals surface area contributed by atoms with Crippen LogP contribution >= 0.6 is 0 Å². The lowest BCUT2D eigenvalue weighted by Gasteiger charge is -2.19.